The van der Waals surface area contributed by atoms with E-state index in [1.165, 1.54) is 14.2 Å². The number of carbonyl (C=O) groups excluding carboxylic acids is 4. The molecule has 0 spiro atoms. The van der Waals surface area contributed by atoms with E-state index in [0.717, 1.165) is 59.0 Å². The van der Waals surface area contributed by atoms with Crippen molar-refractivity contribution in [2.24, 2.45) is 11.8 Å². The normalized spacial score (nSPS) is 21.1. The predicted molar refractivity (Wildman–Crippen MR) is 204 cm³/mol. The number of carbonyl (C=O) groups is 4. The van der Waals surface area contributed by atoms with Gasteiger partial charge < -0.3 is 39.9 Å². The maximum absolute atomic E-state index is 13.9. The van der Waals surface area contributed by atoms with Crippen molar-refractivity contribution in [2.45, 2.75) is 90.4 Å². The van der Waals surface area contributed by atoms with Gasteiger partial charge in [-0.25, -0.2) is 19.6 Å². The van der Waals surface area contributed by atoms with Crippen LogP contribution in [0.4, 0.5) is 9.59 Å². The quantitative estimate of drug-likeness (QED) is 0.152. The predicted octanol–water partition coefficient (Wildman–Crippen LogP) is 6.06. The Morgan fingerprint density at radius 3 is 1.43 bits per heavy atom. The number of hydrogen-bond acceptors (Lipinski definition) is 8. The topological polar surface area (TPSA) is 175 Å². The molecular weight excluding hydrogens is 688 g/mol. The number of methoxy groups -OCH3 is 2. The number of ether oxygens (including phenoxy) is 2. The second-order valence-corrected chi connectivity index (χ2v) is 15.4. The molecule has 288 valence electrons. The number of fused-ring (bicyclic) bond motifs is 1. The van der Waals surface area contributed by atoms with Crippen LogP contribution in [0.5, 0.6) is 0 Å². The van der Waals surface area contributed by atoms with Gasteiger partial charge in [0.25, 0.3) is 0 Å². The van der Waals surface area contributed by atoms with Crippen LogP contribution >= 0.6 is 0 Å². The number of aromatic nitrogens is 4. The number of amides is 4. The van der Waals surface area contributed by atoms with E-state index >= 15 is 0 Å². The summed E-state index contributed by atoms with van der Waals surface area (Å²) in [5, 5.41) is 7.45. The van der Waals surface area contributed by atoms with Gasteiger partial charge in [-0.05, 0) is 62.1 Å². The number of imidazole rings is 2. The Balaban J connectivity index is 1.29. The van der Waals surface area contributed by atoms with Gasteiger partial charge in [0, 0.05) is 24.2 Å². The fourth-order valence-electron chi connectivity index (χ4n) is 8.09. The molecule has 4 amide bonds. The first-order chi connectivity index (χ1) is 25.7. The second kappa shape index (κ2) is 15.2. The highest BCUT2D eigenvalue weighted by molar-refractivity contribution is 6.04. The highest BCUT2D eigenvalue weighted by Crippen LogP contribution is 2.42. The third kappa shape index (κ3) is 6.89. The second-order valence-electron chi connectivity index (χ2n) is 15.4. The molecule has 4 atom stereocenters. The summed E-state index contributed by atoms with van der Waals surface area (Å²) < 4.78 is 9.60. The van der Waals surface area contributed by atoms with Crippen molar-refractivity contribution in [1.29, 1.82) is 0 Å². The molecule has 6 rings (SSSR count). The first-order valence-corrected chi connectivity index (χ1v) is 18.7. The molecule has 2 aliphatic rings. The van der Waals surface area contributed by atoms with E-state index in [2.05, 4.69) is 44.9 Å². The van der Waals surface area contributed by atoms with Crippen LogP contribution < -0.4 is 10.6 Å². The molecule has 2 fully saturated rings. The van der Waals surface area contributed by atoms with Crippen LogP contribution in [0, 0.1) is 11.8 Å². The zero-order valence-electron chi connectivity index (χ0n) is 32.4. The molecule has 14 nitrogen and oxygen atoms in total. The molecule has 14 heteroatoms. The summed E-state index contributed by atoms with van der Waals surface area (Å²) >= 11 is 0. The van der Waals surface area contributed by atoms with E-state index in [4.69, 9.17) is 19.4 Å². The van der Waals surface area contributed by atoms with Crippen molar-refractivity contribution >= 4 is 34.8 Å². The minimum Gasteiger partial charge on any atom is -0.453 e. The maximum Gasteiger partial charge on any atom is 0.407 e. The monoisotopic (exact) mass is 740 g/mol. The lowest BCUT2D eigenvalue weighted by Crippen LogP contribution is -2.55. The Hall–Kier alpha value is -5.40. The third-order valence-corrected chi connectivity index (χ3v) is 11.3. The lowest BCUT2D eigenvalue weighted by Gasteiger charge is -2.37. The molecule has 4 heterocycles. The highest BCUT2D eigenvalue weighted by Gasteiger charge is 2.47. The molecule has 2 aromatic carbocycles. The summed E-state index contributed by atoms with van der Waals surface area (Å²) in [6.45, 7) is 12.7. The minimum absolute atomic E-state index is 0.139. The SMILES string of the molecule is COC(=O)N[C@H](C(=O)N1CCC[C@@]1(C)c1ncc(-c2ccc(-c3cnc([C@]4(C)CCCN4C(=O)[C@@H](NC(=O)OC)C(C)C)[nH]3)c3ccccc23)[nH]1)C(C)C. The average molecular weight is 741 g/mol. The molecule has 0 saturated carbocycles. The van der Waals surface area contributed by atoms with Gasteiger partial charge in [-0.15, -0.1) is 0 Å². The molecule has 0 bridgehead atoms. The smallest absolute Gasteiger partial charge is 0.407 e. The first-order valence-electron chi connectivity index (χ1n) is 18.7. The molecule has 2 saturated heterocycles. The number of rotatable bonds is 10. The standard InChI is InChI=1S/C40H52N8O6/c1-23(2)31(45-37(51)53-7)33(49)47-19-11-17-39(47,5)35-41-21-29(43-35)27-15-16-28(26-14-10-9-13-25(26)27)30-22-42-36(44-30)40(6)18-12-20-48(40)34(50)32(24(3)4)46-38(52)54-8/h9-10,13-16,21-24,31-32H,11-12,17-20H2,1-8H3,(H,41,43)(H,42,44)(H,45,51)(H,46,52)/t31-,32-,39-,40-/m0/s1. The van der Waals surface area contributed by atoms with Gasteiger partial charge in [0.05, 0.1) is 49.1 Å². The number of aromatic amines is 2. The summed E-state index contributed by atoms with van der Waals surface area (Å²) in [6.07, 6.45) is 5.40. The Morgan fingerprint density at radius 2 is 1.07 bits per heavy atom. The largest absolute Gasteiger partial charge is 0.453 e. The summed E-state index contributed by atoms with van der Waals surface area (Å²) in [6, 6.07) is 10.8. The molecule has 4 aromatic rings. The van der Waals surface area contributed by atoms with Crippen LogP contribution in [0.15, 0.2) is 48.8 Å². The number of likely N-dealkylation sites (tertiary alicyclic amines) is 2. The molecule has 54 heavy (non-hydrogen) atoms. The van der Waals surface area contributed by atoms with E-state index in [-0.39, 0.29) is 23.7 Å². The van der Waals surface area contributed by atoms with Gasteiger partial charge in [-0.2, -0.15) is 0 Å². The summed E-state index contributed by atoms with van der Waals surface area (Å²) in [4.78, 5) is 72.4. The third-order valence-electron chi connectivity index (χ3n) is 11.3. The Labute approximate surface area is 315 Å². The maximum atomic E-state index is 13.9. The number of benzene rings is 2. The lowest BCUT2D eigenvalue weighted by atomic mass is 9.95. The highest BCUT2D eigenvalue weighted by atomic mass is 16.5. The summed E-state index contributed by atoms with van der Waals surface area (Å²) in [7, 11) is 2.57. The molecule has 2 aliphatic heterocycles. The number of alkyl carbamates (subject to hydrolysis) is 2. The first kappa shape index (κ1) is 38.3. The van der Waals surface area contributed by atoms with Crippen molar-refractivity contribution in [1.82, 2.24) is 40.4 Å². The van der Waals surface area contributed by atoms with Gasteiger partial charge in [0.15, 0.2) is 0 Å². The van der Waals surface area contributed by atoms with Gasteiger partial charge in [0.1, 0.15) is 23.7 Å². The molecular formula is C40H52N8O6. The molecule has 2 aromatic heterocycles. The van der Waals surface area contributed by atoms with Gasteiger partial charge in [0.2, 0.25) is 11.8 Å². The molecule has 0 radical (unpaired) electrons. The van der Waals surface area contributed by atoms with Crippen molar-refractivity contribution in [2.75, 3.05) is 27.3 Å². The van der Waals surface area contributed by atoms with Crippen LogP contribution in [-0.2, 0) is 30.1 Å². The van der Waals surface area contributed by atoms with Crippen molar-refractivity contribution in [3.8, 4) is 22.5 Å². The van der Waals surface area contributed by atoms with Gasteiger partial charge in [-0.1, -0.05) is 64.1 Å². The fourth-order valence-corrected chi connectivity index (χ4v) is 8.09. The zero-order chi connectivity index (χ0) is 38.9. The fraction of sp³-hybridized carbons (Fsp3) is 0.500. The molecule has 0 aliphatic carbocycles. The van der Waals surface area contributed by atoms with Crippen molar-refractivity contribution < 1.29 is 28.7 Å². The average Bonchev–Trinajstić information content (AvgIpc) is 3.99. The Morgan fingerprint density at radius 1 is 0.685 bits per heavy atom. The number of nitrogens with one attached hydrogen (secondary N) is 4. The minimum atomic E-state index is -0.732. The van der Waals surface area contributed by atoms with Crippen molar-refractivity contribution in [3.05, 3.63) is 60.4 Å². The summed E-state index contributed by atoms with van der Waals surface area (Å²) in [5.41, 5.74) is 2.16. The zero-order valence-corrected chi connectivity index (χ0v) is 32.4. The number of H-pyrrole nitrogens is 2. The summed E-state index contributed by atoms with van der Waals surface area (Å²) in [5.74, 6) is 0.748. The van der Waals surface area contributed by atoms with E-state index in [1.54, 1.807) is 0 Å². The number of nitrogens with zero attached hydrogens (tertiary/aromatic N) is 4. The van der Waals surface area contributed by atoms with Gasteiger partial charge >= 0.3 is 12.2 Å². The number of hydrogen-bond donors (Lipinski definition) is 4. The van der Waals surface area contributed by atoms with Crippen LogP contribution in [0.25, 0.3) is 33.3 Å². The van der Waals surface area contributed by atoms with E-state index in [0.29, 0.717) is 24.7 Å². The van der Waals surface area contributed by atoms with E-state index in [1.807, 2.05) is 75.9 Å². The molecule has 4 N–H and O–H groups in total. The van der Waals surface area contributed by atoms with E-state index < -0.39 is 35.3 Å². The van der Waals surface area contributed by atoms with Crippen LogP contribution in [0.3, 0.4) is 0 Å². The van der Waals surface area contributed by atoms with Gasteiger partial charge in [-0.3, -0.25) is 9.59 Å². The van der Waals surface area contributed by atoms with Crippen LogP contribution in [-0.4, -0.2) is 93.1 Å². The van der Waals surface area contributed by atoms with Crippen molar-refractivity contribution in [3.63, 3.8) is 0 Å². The Bertz CT molecular complexity index is 1900. The lowest BCUT2D eigenvalue weighted by molar-refractivity contribution is -0.139. The Kier molecular flexibility index (Phi) is 10.8. The molecule has 0 unspecified atom stereocenters. The van der Waals surface area contributed by atoms with Crippen LogP contribution in [0.1, 0.15) is 78.9 Å². The van der Waals surface area contributed by atoms with E-state index in [9.17, 15) is 19.2 Å². The van der Waals surface area contributed by atoms with Crippen LogP contribution in [0.2, 0.25) is 0 Å².